The standard InChI is InChI=1S/C10H17N3O4S2/c1-8-7-9(3-4-10(8)11)19(16,17)13-5-6-18(14,15)12-2/h3-4,7,12-13H,5-6,11H2,1-2H3. The number of nitrogen functional groups attached to an aromatic ring is 1. The normalized spacial score (nSPS) is 12.5. The third-order valence-electron chi connectivity index (χ3n) is 2.53. The fraction of sp³-hybridized carbons (Fsp3) is 0.400. The second-order valence-corrected chi connectivity index (χ2v) is 7.75. The van der Waals surface area contributed by atoms with Gasteiger partial charge in [-0.1, -0.05) is 0 Å². The van der Waals surface area contributed by atoms with Crippen molar-refractivity contribution in [2.45, 2.75) is 11.8 Å². The molecule has 0 atom stereocenters. The van der Waals surface area contributed by atoms with Crippen molar-refractivity contribution in [3.05, 3.63) is 23.8 Å². The van der Waals surface area contributed by atoms with Crippen molar-refractivity contribution >= 4 is 25.7 Å². The molecule has 4 N–H and O–H groups in total. The molecule has 1 rings (SSSR count). The minimum Gasteiger partial charge on any atom is -0.399 e. The van der Waals surface area contributed by atoms with Crippen molar-refractivity contribution < 1.29 is 16.8 Å². The first-order valence-electron chi connectivity index (χ1n) is 5.45. The van der Waals surface area contributed by atoms with E-state index in [2.05, 4.69) is 9.44 Å². The number of nitrogens with two attached hydrogens (primary N) is 1. The van der Waals surface area contributed by atoms with Crippen LogP contribution in [0, 0.1) is 6.92 Å². The van der Waals surface area contributed by atoms with E-state index >= 15 is 0 Å². The number of hydrogen-bond donors (Lipinski definition) is 3. The van der Waals surface area contributed by atoms with Crippen molar-refractivity contribution in [3.63, 3.8) is 0 Å². The molecule has 0 unspecified atom stereocenters. The third kappa shape index (κ3) is 4.46. The number of anilines is 1. The van der Waals surface area contributed by atoms with Gasteiger partial charge in [-0.25, -0.2) is 26.3 Å². The van der Waals surface area contributed by atoms with Crippen LogP contribution >= 0.6 is 0 Å². The molecule has 0 aliphatic heterocycles. The smallest absolute Gasteiger partial charge is 0.240 e. The van der Waals surface area contributed by atoms with Crippen LogP contribution in [-0.2, 0) is 20.0 Å². The van der Waals surface area contributed by atoms with Crippen LogP contribution in [0.15, 0.2) is 23.1 Å². The maximum atomic E-state index is 11.9. The molecule has 9 heteroatoms. The molecule has 1 aromatic carbocycles. The lowest BCUT2D eigenvalue weighted by Gasteiger charge is -2.08. The maximum absolute atomic E-state index is 11.9. The molecule has 0 aliphatic carbocycles. The first kappa shape index (κ1) is 15.9. The Labute approximate surface area is 113 Å². The quantitative estimate of drug-likeness (QED) is 0.607. The first-order chi connectivity index (χ1) is 8.68. The zero-order chi connectivity index (χ0) is 14.7. The monoisotopic (exact) mass is 307 g/mol. The zero-order valence-corrected chi connectivity index (χ0v) is 12.3. The van der Waals surface area contributed by atoms with Gasteiger partial charge in [0.2, 0.25) is 20.0 Å². The summed E-state index contributed by atoms with van der Waals surface area (Å²) < 4.78 is 50.5. The van der Waals surface area contributed by atoms with Crippen molar-refractivity contribution in [2.75, 3.05) is 25.1 Å². The van der Waals surface area contributed by atoms with Crippen LogP contribution in [0.25, 0.3) is 0 Å². The highest BCUT2D eigenvalue weighted by Crippen LogP contribution is 2.16. The molecule has 1 aromatic rings. The van der Waals surface area contributed by atoms with E-state index in [1.807, 2.05) is 0 Å². The lowest BCUT2D eigenvalue weighted by molar-refractivity contribution is 0.578. The van der Waals surface area contributed by atoms with E-state index in [0.717, 1.165) is 0 Å². The van der Waals surface area contributed by atoms with Crippen molar-refractivity contribution in [1.82, 2.24) is 9.44 Å². The number of nitrogens with one attached hydrogen (secondary N) is 2. The van der Waals surface area contributed by atoms with Crippen LogP contribution < -0.4 is 15.2 Å². The van der Waals surface area contributed by atoms with Crippen molar-refractivity contribution in [1.29, 1.82) is 0 Å². The molecule has 108 valence electrons. The van der Waals surface area contributed by atoms with E-state index in [1.54, 1.807) is 6.92 Å². The average Bonchev–Trinajstić information content (AvgIpc) is 2.32. The van der Waals surface area contributed by atoms with Crippen molar-refractivity contribution in [3.8, 4) is 0 Å². The fourth-order valence-electron chi connectivity index (χ4n) is 1.31. The minimum atomic E-state index is -3.73. The van der Waals surface area contributed by atoms with Crippen molar-refractivity contribution in [2.24, 2.45) is 0 Å². The summed E-state index contributed by atoms with van der Waals surface area (Å²) in [5.41, 5.74) is 6.75. The van der Waals surface area contributed by atoms with Crippen LogP contribution in [-0.4, -0.2) is 36.2 Å². The van der Waals surface area contributed by atoms with Gasteiger partial charge in [0.15, 0.2) is 0 Å². The predicted molar refractivity (Wildman–Crippen MR) is 73.6 cm³/mol. The average molecular weight is 307 g/mol. The van der Waals surface area contributed by atoms with Gasteiger partial charge in [-0.3, -0.25) is 0 Å². The predicted octanol–water partition coefficient (Wildman–Crippen LogP) is -0.595. The molecule has 0 radical (unpaired) electrons. The van der Waals surface area contributed by atoms with Crippen LogP contribution in [0.3, 0.4) is 0 Å². The van der Waals surface area contributed by atoms with Gasteiger partial charge >= 0.3 is 0 Å². The molecule has 0 spiro atoms. The Morgan fingerprint density at radius 1 is 1.21 bits per heavy atom. The molecule has 0 aromatic heterocycles. The number of rotatable bonds is 6. The van der Waals surface area contributed by atoms with Crippen LogP contribution in [0.5, 0.6) is 0 Å². The summed E-state index contributed by atoms with van der Waals surface area (Å²) >= 11 is 0. The Balaban J connectivity index is 2.79. The molecule has 0 bridgehead atoms. The molecular weight excluding hydrogens is 290 g/mol. The minimum absolute atomic E-state index is 0.0565. The molecule has 0 amide bonds. The number of aryl methyl sites for hydroxylation is 1. The SMILES string of the molecule is CNS(=O)(=O)CCNS(=O)(=O)c1ccc(N)c(C)c1. The summed E-state index contributed by atoms with van der Waals surface area (Å²) in [6, 6.07) is 4.30. The summed E-state index contributed by atoms with van der Waals surface area (Å²) in [4.78, 5) is 0.0565. The van der Waals surface area contributed by atoms with Gasteiger partial charge in [-0.05, 0) is 37.7 Å². The lowest BCUT2D eigenvalue weighted by atomic mass is 10.2. The molecule has 7 nitrogen and oxygen atoms in total. The summed E-state index contributed by atoms with van der Waals surface area (Å²) in [7, 11) is -5.89. The molecule has 0 saturated carbocycles. The van der Waals surface area contributed by atoms with E-state index in [-0.39, 0.29) is 17.2 Å². The number of hydrogen-bond acceptors (Lipinski definition) is 5. The molecule has 0 saturated heterocycles. The van der Waals surface area contributed by atoms with Gasteiger partial charge in [0, 0.05) is 12.2 Å². The number of sulfonamides is 2. The third-order valence-corrected chi connectivity index (χ3v) is 5.35. The topological polar surface area (TPSA) is 118 Å². The second kappa shape index (κ2) is 5.87. The Morgan fingerprint density at radius 2 is 1.84 bits per heavy atom. The Morgan fingerprint density at radius 3 is 2.37 bits per heavy atom. The van der Waals surface area contributed by atoms with Gasteiger partial charge in [0.1, 0.15) is 0 Å². The highest BCUT2D eigenvalue weighted by molar-refractivity contribution is 7.90. The van der Waals surface area contributed by atoms with Crippen LogP contribution in [0.4, 0.5) is 5.69 Å². The number of benzene rings is 1. The lowest BCUT2D eigenvalue weighted by Crippen LogP contribution is -2.33. The van der Waals surface area contributed by atoms with E-state index in [1.165, 1.54) is 25.2 Å². The van der Waals surface area contributed by atoms with E-state index in [4.69, 9.17) is 5.73 Å². The Bertz CT molecular complexity index is 653. The molecular formula is C10H17N3O4S2. The van der Waals surface area contributed by atoms with E-state index in [0.29, 0.717) is 11.3 Å². The van der Waals surface area contributed by atoms with Gasteiger partial charge in [-0.2, -0.15) is 0 Å². The highest BCUT2D eigenvalue weighted by atomic mass is 32.2. The second-order valence-electron chi connectivity index (χ2n) is 3.94. The summed E-state index contributed by atoms with van der Waals surface area (Å²) in [5.74, 6) is -0.323. The fourth-order valence-corrected chi connectivity index (χ4v) is 3.13. The zero-order valence-electron chi connectivity index (χ0n) is 10.7. The molecule has 0 heterocycles. The summed E-state index contributed by atoms with van der Waals surface area (Å²) in [6.07, 6.45) is 0. The molecule has 0 fully saturated rings. The first-order valence-corrected chi connectivity index (χ1v) is 8.58. The highest BCUT2D eigenvalue weighted by Gasteiger charge is 2.16. The summed E-state index contributed by atoms with van der Waals surface area (Å²) in [5, 5.41) is 0. The van der Waals surface area contributed by atoms with Gasteiger partial charge in [-0.15, -0.1) is 0 Å². The van der Waals surface area contributed by atoms with Gasteiger partial charge in [0.05, 0.1) is 10.6 Å². The van der Waals surface area contributed by atoms with E-state index < -0.39 is 20.0 Å². The van der Waals surface area contributed by atoms with Crippen LogP contribution in [0.2, 0.25) is 0 Å². The maximum Gasteiger partial charge on any atom is 0.240 e. The van der Waals surface area contributed by atoms with Crippen LogP contribution in [0.1, 0.15) is 5.56 Å². The van der Waals surface area contributed by atoms with E-state index in [9.17, 15) is 16.8 Å². The summed E-state index contributed by atoms with van der Waals surface area (Å²) in [6.45, 7) is 1.49. The van der Waals surface area contributed by atoms with Gasteiger partial charge in [0.25, 0.3) is 0 Å². The Hall–Kier alpha value is -1.16. The van der Waals surface area contributed by atoms with Gasteiger partial charge < -0.3 is 5.73 Å². The Kier molecular flexibility index (Phi) is 4.91. The molecule has 0 aliphatic rings. The molecule has 19 heavy (non-hydrogen) atoms. The largest absolute Gasteiger partial charge is 0.399 e.